The zero-order valence-corrected chi connectivity index (χ0v) is 84.0. The lowest BCUT2D eigenvalue weighted by Crippen LogP contribution is -2.30. The van der Waals surface area contributed by atoms with Crippen LogP contribution >= 0.6 is 34.3 Å². The Morgan fingerprint density at radius 3 is 1.10 bits per heavy atom. The minimum absolute atomic E-state index is 0.0485. The maximum Gasteiger partial charge on any atom is 0.416 e. The second-order valence-electron chi connectivity index (χ2n) is 34.7. The van der Waals surface area contributed by atoms with E-state index in [1.807, 2.05) is 97.1 Å². The van der Waals surface area contributed by atoms with Crippen LogP contribution in [0.25, 0.3) is 0 Å². The molecule has 20 rings (SSSR count). The second kappa shape index (κ2) is 51.2. The lowest BCUT2D eigenvalue weighted by molar-refractivity contribution is -0.138. The standard InChI is InChI=1S/C30H29N3O7.C28H21ClF3N3O5.C27H27N3O5S.C26H26FN3O3S/c1-35-23-6-2-20(3-7-23)10-11-33(16-22-5-9-27-29(13-22)39-19-37-27)17-24-14-25(32-40-24)30(34)31-15-21-4-8-26-28(12-21)38-18-36-26;29-20-8-5-17(6-9-20)14-35(27(37)18-7-10-24-25(11-18)39-16-38-24)15-21-12-23(34-40-21)26(36)33-13-19-3-1-2-4-22(19)28(30,31)32;1-32-21-7-4-19(5-8-21)10-11-30(17-23-3-2-12-36-23)16-22-14-24(29-35-22)27(31)28-15-20-6-9-25-26(13-20)34-18-33-25;1-32-22-10-6-19(7-11-22)12-13-30(18-24-3-2-14-34-24)17-23-15-25(29-33-23)26(31)28-16-20-4-8-21(27)9-5-20/h2-9,12-14H,10-11,15-19H2,1H3,(H,31,34);1-12H,13-16H2,(H,33,36);2-9,12-14H,10-11,15-18H2,1H3,(H,28,31);2-11,14-15H,12-13,16-18H2,1H3,(H,28,31). The number of benzene rings is 10. The molecule has 39 heteroatoms. The first-order valence-corrected chi connectivity index (χ1v) is 49.7. The van der Waals surface area contributed by atoms with Gasteiger partial charge in [-0.25, -0.2) is 4.39 Å². The molecule has 4 aliphatic rings. The zero-order valence-electron chi connectivity index (χ0n) is 81.6. The Morgan fingerprint density at radius 2 is 0.693 bits per heavy atom. The molecule has 0 saturated heterocycles. The Hall–Kier alpha value is -16.5. The normalized spacial score (nSPS) is 12.2. The van der Waals surface area contributed by atoms with E-state index >= 15 is 0 Å². The van der Waals surface area contributed by atoms with Crippen LogP contribution in [0.3, 0.4) is 0 Å². The van der Waals surface area contributed by atoms with Gasteiger partial charge in [0.15, 0.2) is 91.8 Å². The summed E-state index contributed by atoms with van der Waals surface area (Å²) in [6.45, 7) is 7.65. The van der Waals surface area contributed by atoms with Crippen LogP contribution in [-0.2, 0) is 104 Å². The fourth-order valence-electron chi connectivity index (χ4n) is 16.2. The summed E-state index contributed by atoms with van der Waals surface area (Å²) in [4.78, 5) is 74.9. The third-order valence-electron chi connectivity index (χ3n) is 24.1. The molecule has 10 aromatic carbocycles. The molecule has 0 atom stereocenters. The van der Waals surface area contributed by atoms with E-state index < -0.39 is 17.6 Å². The quantitative estimate of drug-likeness (QED) is 0.0259. The van der Waals surface area contributed by atoms with E-state index in [4.69, 9.17) is 81.8 Å². The van der Waals surface area contributed by atoms with Gasteiger partial charge in [0.05, 0.1) is 53.1 Å². The van der Waals surface area contributed by atoms with Crippen molar-refractivity contribution in [1.82, 2.24) is 61.5 Å². The van der Waals surface area contributed by atoms with Crippen molar-refractivity contribution >= 4 is 63.8 Å². The van der Waals surface area contributed by atoms with Crippen molar-refractivity contribution in [2.75, 3.05) is 68.1 Å². The molecule has 0 saturated carbocycles. The van der Waals surface area contributed by atoms with Crippen LogP contribution in [0, 0.1) is 5.82 Å². The number of fused-ring (bicyclic) bond motifs is 4. The van der Waals surface area contributed by atoms with Gasteiger partial charge in [0.2, 0.25) is 27.2 Å². The molecule has 0 aliphatic carbocycles. The van der Waals surface area contributed by atoms with Crippen LogP contribution in [-0.4, -0.2) is 138 Å². The Bertz CT molecular complexity index is 7190. The number of nitrogens with one attached hydrogen (secondary N) is 4. The third kappa shape index (κ3) is 29.9. The number of hydrogen-bond acceptors (Lipinski definition) is 29. The number of rotatable bonds is 41. The number of ether oxygens (including phenoxy) is 11. The molecular weight excluding hydrogens is 2000 g/mol. The lowest BCUT2D eigenvalue weighted by Gasteiger charge is -2.22. The number of hydrogen-bond donors (Lipinski definition) is 4. The summed E-state index contributed by atoms with van der Waals surface area (Å²) in [6.07, 6.45) is -1.98. The number of carbonyl (C=O) groups excluding carboxylic acids is 5. The van der Waals surface area contributed by atoms with Crippen LogP contribution in [0.15, 0.2) is 296 Å². The maximum absolute atomic E-state index is 13.5. The highest BCUT2D eigenvalue weighted by Crippen LogP contribution is 2.39. The van der Waals surface area contributed by atoms with Gasteiger partial charge in [-0.15, -0.1) is 22.7 Å². The predicted molar refractivity (Wildman–Crippen MR) is 545 cm³/mol. The van der Waals surface area contributed by atoms with Gasteiger partial charge in [-0.2, -0.15) is 13.2 Å². The van der Waals surface area contributed by atoms with Gasteiger partial charge in [0.1, 0.15) is 23.1 Å². The summed E-state index contributed by atoms with van der Waals surface area (Å²) in [5, 5.41) is 31.4. The first-order chi connectivity index (χ1) is 73.0. The Kier molecular flexibility index (Phi) is 35.8. The average molecular weight is 2100 g/mol. The Labute approximate surface area is 872 Å². The molecule has 4 aliphatic heterocycles. The maximum atomic E-state index is 13.5. The van der Waals surface area contributed by atoms with Gasteiger partial charge in [0, 0.05) is 117 Å². The van der Waals surface area contributed by atoms with E-state index in [1.165, 1.54) is 67.7 Å². The summed E-state index contributed by atoms with van der Waals surface area (Å²) in [7, 11) is 4.99. The van der Waals surface area contributed by atoms with E-state index in [0.717, 1.165) is 115 Å². The van der Waals surface area contributed by atoms with Crippen molar-refractivity contribution in [3.8, 4) is 63.2 Å². The van der Waals surface area contributed by atoms with Crippen molar-refractivity contribution < 1.29 is 112 Å². The van der Waals surface area contributed by atoms with Crippen molar-refractivity contribution in [1.29, 1.82) is 0 Å². The topological polar surface area (TPSA) is 352 Å². The number of thiophene rings is 2. The Balaban J connectivity index is 0.000000136. The molecule has 0 fully saturated rings. The first-order valence-electron chi connectivity index (χ1n) is 47.6. The molecule has 5 amide bonds. The smallest absolute Gasteiger partial charge is 0.416 e. The highest BCUT2D eigenvalue weighted by Gasteiger charge is 2.34. The monoisotopic (exact) mass is 2100 g/mol. The molecule has 0 unspecified atom stereocenters. The summed E-state index contributed by atoms with van der Waals surface area (Å²) < 4.78 is 134. The van der Waals surface area contributed by atoms with Gasteiger partial charge < -0.3 is 96.4 Å². The van der Waals surface area contributed by atoms with Crippen molar-refractivity contribution in [3.05, 3.63) is 405 Å². The lowest BCUT2D eigenvalue weighted by atomic mass is 10.1. The van der Waals surface area contributed by atoms with Crippen LogP contribution in [0.2, 0.25) is 5.02 Å². The van der Waals surface area contributed by atoms with Gasteiger partial charge >= 0.3 is 6.18 Å². The van der Waals surface area contributed by atoms with E-state index in [1.54, 1.807) is 117 Å². The summed E-state index contributed by atoms with van der Waals surface area (Å²) in [5.41, 5.74) is 8.13. The molecule has 6 aromatic heterocycles. The molecule has 150 heavy (non-hydrogen) atoms. The SMILES string of the molecule is COc1ccc(CCN(Cc2cc(C(=O)NCc3ccc(F)cc3)no2)Cc2cccs2)cc1.COc1ccc(CCN(Cc2cc(C(=O)NCc3ccc4c(c3)OCO4)no2)Cc2cccs2)cc1.COc1ccc(CCN(Cc2ccc3c(c2)OCO3)Cc2cc(C(=O)NCc3ccc4c(c3)OCO4)no2)cc1.O=C(NCc1ccccc1C(F)(F)F)c1cc(CN(Cc2ccc(Cl)cc2)C(=O)c2ccc3c(c2)OCO3)on1. The molecular formula is C111H103ClF4N12O20S2. The van der Waals surface area contributed by atoms with E-state index in [-0.39, 0.29) is 117 Å². The number of alkyl halides is 3. The molecule has 0 radical (unpaired) electrons. The van der Waals surface area contributed by atoms with Crippen LogP contribution < -0.4 is 73.4 Å². The minimum atomic E-state index is -4.56. The van der Waals surface area contributed by atoms with E-state index in [0.29, 0.717) is 102 Å². The number of carbonyl (C=O) groups is 5. The second-order valence-corrected chi connectivity index (χ2v) is 37.2. The number of amides is 5. The van der Waals surface area contributed by atoms with E-state index in [9.17, 15) is 41.5 Å². The molecule has 4 N–H and O–H groups in total. The minimum Gasteiger partial charge on any atom is -0.497 e. The molecule has 0 spiro atoms. The van der Waals surface area contributed by atoms with Gasteiger partial charge in [-0.05, 0) is 214 Å². The molecule has 32 nitrogen and oxygen atoms in total. The zero-order chi connectivity index (χ0) is 104. The predicted octanol–water partition coefficient (Wildman–Crippen LogP) is 19.9. The molecule has 16 aromatic rings. The van der Waals surface area contributed by atoms with Gasteiger partial charge in [-0.3, -0.25) is 38.7 Å². The van der Waals surface area contributed by atoms with Crippen LogP contribution in [0.4, 0.5) is 17.6 Å². The van der Waals surface area contributed by atoms with Crippen molar-refractivity contribution in [3.63, 3.8) is 0 Å². The van der Waals surface area contributed by atoms with E-state index in [2.05, 4.69) is 122 Å². The number of aromatic nitrogens is 4. The highest BCUT2D eigenvalue weighted by molar-refractivity contribution is 7.10. The summed E-state index contributed by atoms with van der Waals surface area (Å²) in [6, 6.07) is 78.9. The average Bonchev–Trinajstić information content (AvgIpc) is 1.78. The largest absolute Gasteiger partial charge is 0.497 e. The van der Waals surface area contributed by atoms with Gasteiger partial charge in [-0.1, -0.05) is 141 Å². The summed E-state index contributed by atoms with van der Waals surface area (Å²) in [5.74, 6) is 7.52. The van der Waals surface area contributed by atoms with Crippen LogP contribution in [0.1, 0.15) is 141 Å². The molecule has 10 heterocycles. The number of nitrogens with zero attached hydrogens (tertiary/aromatic N) is 8. The summed E-state index contributed by atoms with van der Waals surface area (Å²) >= 11 is 9.43. The van der Waals surface area contributed by atoms with Gasteiger partial charge in [0.25, 0.3) is 29.5 Å². The molecule has 0 bridgehead atoms. The highest BCUT2D eigenvalue weighted by atomic mass is 35.5. The van der Waals surface area contributed by atoms with Crippen molar-refractivity contribution in [2.24, 2.45) is 0 Å². The molecule has 774 valence electrons. The number of halogens is 5. The fraction of sp³-hybridized carbons (Fsp3) is 0.234. The fourth-order valence-corrected chi connectivity index (χ4v) is 17.8. The third-order valence-corrected chi connectivity index (χ3v) is 26.1. The Morgan fingerprint density at radius 1 is 0.347 bits per heavy atom. The first kappa shape index (κ1) is 105. The van der Waals surface area contributed by atoms with Crippen LogP contribution in [0.5, 0.6) is 63.2 Å². The number of methoxy groups -OCH3 is 3. The van der Waals surface area contributed by atoms with Crippen molar-refractivity contribution in [2.45, 2.75) is 104 Å².